The van der Waals surface area contributed by atoms with Crippen LogP contribution in [-0.4, -0.2) is 48.4 Å². The zero-order valence-corrected chi connectivity index (χ0v) is 13.6. The Kier molecular flexibility index (Phi) is 5.88. The van der Waals surface area contributed by atoms with E-state index in [0.717, 1.165) is 31.3 Å². The standard InChI is InChI=1S/C17H32N2O/c1-4-11-19(12-15-7-8-15)13-17(20)18(3)16-9-5-14(2)6-10-16/h14-16H,4-13H2,1-3H3. The first kappa shape index (κ1) is 15.8. The van der Waals surface area contributed by atoms with Gasteiger partial charge in [0.1, 0.15) is 0 Å². The van der Waals surface area contributed by atoms with Crippen LogP contribution in [0, 0.1) is 11.8 Å². The maximum atomic E-state index is 12.5. The summed E-state index contributed by atoms with van der Waals surface area (Å²) in [6.07, 6.45) is 8.83. The third kappa shape index (κ3) is 4.76. The Morgan fingerprint density at radius 3 is 2.30 bits per heavy atom. The monoisotopic (exact) mass is 280 g/mol. The molecule has 0 atom stereocenters. The molecule has 0 unspecified atom stereocenters. The fraction of sp³-hybridized carbons (Fsp3) is 0.941. The smallest absolute Gasteiger partial charge is 0.236 e. The van der Waals surface area contributed by atoms with Gasteiger partial charge in [-0.2, -0.15) is 0 Å². The molecule has 0 aromatic heterocycles. The number of hydrogen-bond donors (Lipinski definition) is 0. The van der Waals surface area contributed by atoms with E-state index in [1.165, 1.54) is 38.5 Å². The van der Waals surface area contributed by atoms with E-state index < -0.39 is 0 Å². The summed E-state index contributed by atoms with van der Waals surface area (Å²) in [7, 11) is 2.02. The van der Waals surface area contributed by atoms with Gasteiger partial charge in [0.15, 0.2) is 0 Å². The van der Waals surface area contributed by atoms with Crippen molar-refractivity contribution < 1.29 is 4.79 Å². The second-order valence-corrected chi connectivity index (χ2v) is 7.10. The molecule has 2 aliphatic carbocycles. The topological polar surface area (TPSA) is 23.6 Å². The van der Waals surface area contributed by atoms with Crippen molar-refractivity contribution in [2.24, 2.45) is 11.8 Å². The van der Waals surface area contributed by atoms with E-state index >= 15 is 0 Å². The van der Waals surface area contributed by atoms with E-state index in [1.807, 2.05) is 11.9 Å². The van der Waals surface area contributed by atoms with E-state index in [4.69, 9.17) is 0 Å². The summed E-state index contributed by atoms with van der Waals surface area (Å²) < 4.78 is 0. The van der Waals surface area contributed by atoms with Crippen LogP contribution in [0.4, 0.5) is 0 Å². The Hall–Kier alpha value is -0.570. The van der Waals surface area contributed by atoms with Crippen molar-refractivity contribution >= 4 is 5.91 Å². The molecule has 3 heteroatoms. The number of hydrogen-bond acceptors (Lipinski definition) is 2. The van der Waals surface area contributed by atoms with Crippen molar-refractivity contribution in [2.45, 2.75) is 64.8 Å². The van der Waals surface area contributed by atoms with Gasteiger partial charge in [-0.15, -0.1) is 0 Å². The molecule has 1 amide bonds. The third-order valence-electron chi connectivity index (χ3n) is 5.04. The fourth-order valence-corrected chi connectivity index (χ4v) is 3.35. The highest BCUT2D eigenvalue weighted by atomic mass is 16.2. The zero-order chi connectivity index (χ0) is 14.5. The Bertz CT molecular complexity index is 306. The lowest BCUT2D eigenvalue weighted by Crippen LogP contribution is -2.45. The maximum Gasteiger partial charge on any atom is 0.236 e. The molecule has 0 N–H and O–H groups in total. The molecule has 0 aliphatic heterocycles. The SMILES string of the molecule is CCCN(CC(=O)N(C)C1CCC(C)CC1)CC1CC1. The van der Waals surface area contributed by atoms with E-state index in [9.17, 15) is 4.79 Å². The summed E-state index contributed by atoms with van der Waals surface area (Å²) in [6.45, 7) is 7.37. The van der Waals surface area contributed by atoms with Gasteiger partial charge in [0.2, 0.25) is 5.91 Å². The molecule has 3 nitrogen and oxygen atoms in total. The minimum Gasteiger partial charge on any atom is -0.342 e. The summed E-state index contributed by atoms with van der Waals surface area (Å²) in [4.78, 5) is 16.9. The van der Waals surface area contributed by atoms with Gasteiger partial charge in [0.05, 0.1) is 6.54 Å². The van der Waals surface area contributed by atoms with Gasteiger partial charge in [-0.05, 0) is 63.3 Å². The molecule has 2 rings (SSSR count). The van der Waals surface area contributed by atoms with Crippen molar-refractivity contribution in [3.63, 3.8) is 0 Å². The van der Waals surface area contributed by atoms with Crippen LogP contribution in [0.3, 0.4) is 0 Å². The molecule has 2 fully saturated rings. The largest absolute Gasteiger partial charge is 0.342 e. The Morgan fingerprint density at radius 2 is 1.75 bits per heavy atom. The molecule has 2 aliphatic rings. The average Bonchev–Trinajstić information content (AvgIpc) is 3.23. The normalized spacial score (nSPS) is 26.8. The van der Waals surface area contributed by atoms with Crippen LogP contribution in [0.5, 0.6) is 0 Å². The minimum absolute atomic E-state index is 0.332. The molecule has 0 aromatic rings. The fourth-order valence-electron chi connectivity index (χ4n) is 3.35. The molecule has 0 aromatic carbocycles. The van der Waals surface area contributed by atoms with Gasteiger partial charge in [-0.3, -0.25) is 9.69 Å². The maximum absolute atomic E-state index is 12.5. The predicted octanol–water partition coefficient (Wildman–Crippen LogP) is 3.15. The quantitative estimate of drug-likeness (QED) is 0.715. The Labute approximate surface area is 124 Å². The highest BCUT2D eigenvalue weighted by molar-refractivity contribution is 5.78. The number of carbonyl (C=O) groups excluding carboxylic acids is 1. The molecule has 0 bridgehead atoms. The van der Waals surface area contributed by atoms with Crippen LogP contribution < -0.4 is 0 Å². The molecule has 20 heavy (non-hydrogen) atoms. The van der Waals surface area contributed by atoms with Crippen molar-refractivity contribution in [3.8, 4) is 0 Å². The van der Waals surface area contributed by atoms with Gasteiger partial charge < -0.3 is 4.90 Å². The highest BCUT2D eigenvalue weighted by Crippen LogP contribution is 2.30. The van der Waals surface area contributed by atoms with E-state index in [0.29, 0.717) is 18.5 Å². The zero-order valence-electron chi connectivity index (χ0n) is 13.6. The lowest BCUT2D eigenvalue weighted by molar-refractivity contribution is -0.134. The van der Waals surface area contributed by atoms with E-state index in [-0.39, 0.29) is 0 Å². The average molecular weight is 280 g/mol. The van der Waals surface area contributed by atoms with Gasteiger partial charge in [-0.1, -0.05) is 13.8 Å². The van der Waals surface area contributed by atoms with Gasteiger partial charge in [-0.25, -0.2) is 0 Å². The third-order valence-corrected chi connectivity index (χ3v) is 5.04. The van der Waals surface area contributed by atoms with Crippen LogP contribution >= 0.6 is 0 Å². The van der Waals surface area contributed by atoms with Gasteiger partial charge >= 0.3 is 0 Å². The van der Waals surface area contributed by atoms with Gasteiger partial charge in [0.25, 0.3) is 0 Å². The van der Waals surface area contributed by atoms with E-state index in [2.05, 4.69) is 18.7 Å². The van der Waals surface area contributed by atoms with Crippen LogP contribution in [0.1, 0.15) is 58.8 Å². The van der Waals surface area contributed by atoms with E-state index in [1.54, 1.807) is 0 Å². The second kappa shape index (κ2) is 7.44. The molecule has 0 spiro atoms. The van der Waals surface area contributed by atoms with Crippen molar-refractivity contribution in [3.05, 3.63) is 0 Å². The van der Waals surface area contributed by atoms with Crippen molar-refractivity contribution in [1.29, 1.82) is 0 Å². The summed E-state index contributed by atoms with van der Waals surface area (Å²) >= 11 is 0. The number of carbonyl (C=O) groups is 1. The molecule has 0 radical (unpaired) electrons. The highest BCUT2D eigenvalue weighted by Gasteiger charge is 2.28. The number of rotatable bonds is 7. The first-order chi connectivity index (χ1) is 9.60. The molecular weight excluding hydrogens is 248 g/mol. The first-order valence-electron chi connectivity index (χ1n) is 8.58. The molecule has 2 saturated carbocycles. The number of likely N-dealkylation sites (N-methyl/N-ethyl adjacent to an activating group) is 1. The minimum atomic E-state index is 0.332. The second-order valence-electron chi connectivity index (χ2n) is 7.10. The van der Waals surface area contributed by atoms with Gasteiger partial charge in [0, 0.05) is 19.6 Å². The summed E-state index contributed by atoms with van der Waals surface area (Å²) in [5.41, 5.74) is 0. The summed E-state index contributed by atoms with van der Waals surface area (Å²) in [6, 6.07) is 0.489. The molecule has 0 saturated heterocycles. The number of amides is 1. The number of nitrogens with zero attached hydrogens (tertiary/aromatic N) is 2. The van der Waals surface area contributed by atoms with Crippen LogP contribution in [0.2, 0.25) is 0 Å². The van der Waals surface area contributed by atoms with Crippen LogP contribution in [0.15, 0.2) is 0 Å². The predicted molar refractivity (Wildman–Crippen MR) is 83.6 cm³/mol. The summed E-state index contributed by atoms with van der Waals surface area (Å²) in [5, 5.41) is 0. The molecular formula is C17H32N2O. The van der Waals surface area contributed by atoms with Crippen LogP contribution in [-0.2, 0) is 4.79 Å². The Balaban J connectivity index is 1.78. The Morgan fingerprint density at radius 1 is 1.10 bits per heavy atom. The van der Waals surface area contributed by atoms with Crippen molar-refractivity contribution in [2.75, 3.05) is 26.7 Å². The lowest BCUT2D eigenvalue weighted by Gasteiger charge is -2.35. The molecule has 116 valence electrons. The molecule has 0 heterocycles. The first-order valence-corrected chi connectivity index (χ1v) is 8.58. The lowest BCUT2D eigenvalue weighted by atomic mass is 9.87. The summed E-state index contributed by atoms with van der Waals surface area (Å²) in [5.74, 6) is 2.05. The van der Waals surface area contributed by atoms with Crippen molar-refractivity contribution in [1.82, 2.24) is 9.80 Å². The van der Waals surface area contributed by atoms with Crippen LogP contribution in [0.25, 0.3) is 0 Å².